The van der Waals surface area contributed by atoms with Crippen LogP contribution >= 0.6 is 8.60 Å². The van der Waals surface area contributed by atoms with Gasteiger partial charge in [0.25, 0.3) is 0 Å². The number of nitrogens with zero attached hydrogens (tertiary/aromatic N) is 1. The van der Waals surface area contributed by atoms with E-state index in [-0.39, 0.29) is 19.2 Å². The molecule has 0 aliphatic rings. The Labute approximate surface area is 227 Å². The van der Waals surface area contributed by atoms with Crippen molar-refractivity contribution in [2.24, 2.45) is 0 Å². The van der Waals surface area contributed by atoms with Crippen LogP contribution in [0, 0.1) is 0 Å². The molecule has 0 aliphatic carbocycles. The van der Waals surface area contributed by atoms with Gasteiger partial charge in [-0.05, 0) is 51.1 Å². The normalized spacial score (nSPS) is 13.0. The Hall–Kier alpha value is -1.24. The maximum atomic E-state index is 12.0. The fourth-order valence-electron chi connectivity index (χ4n) is 3.81. The van der Waals surface area contributed by atoms with Crippen molar-refractivity contribution in [1.82, 2.24) is 4.90 Å². The Kier molecular flexibility index (Phi) is 20.7. The number of ether oxygens (including phenoxy) is 2. The van der Waals surface area contributed by atoms with Crippen molar-refractivity contribution in [3.05, 3.63) is 29.8 Å². The third-order valence-corrected chi connectivity index (χ3v) is 6.81. The zero-order valence-electron chi connectivity index (χ0n) is 23.8. The van der Waals surface area contributed by atoms with Gasteiger partial charge in [0.05, 0.1) is 13.2 Å². The lowest BCUT2D eigenvalue weighted by atomic mass is 10.0. The SMILES string of the molecule is CCCCCCCCCCCCc1ccc(OCC(COP(O)OCCN(C)C)OC(=O)CCC)cc1. The van der Waals surface area contributed by atoms with Crippen LogP contribution < -0.4 is 4.74 Å². The Bertz CT molecular complexity index is 673. The molecular weight excluding hydrogens is 489 g/mol. The predicted molar refractivity (Wildman–Crippen MR) is 152 cm³/mol. The van der Waals surface area contributed by atoms with E-state index in [1.54, 1.807) is 0 Å². The van der Waals surface area contributed by atoms with Gasteiger partial charge in [0.1, 0.15) is 12.4 Å². The van der Waals surface area contributed by atoms with Crippen molar-refractivity contribution in [3.8, 4) is 5.75 Å². The number of aryl methyl sites for hydroxylation is 1. The van der Waals surface area contributed by atoms with E-state index in [1.165, 1.54) is 69.8 Å². The van der Waals surface area contributed by atoms with E-state index >= 15 is 0 Å². The number of carbonyl (C=O) groups excluding carboxylic acids is 1. The topological polar surface area (TPSA) is 77.5 Å². The van der Waals surface area contributed by atoms with E-state index in [9.17, 15) is 9.69 Å². The van der Waals surface area contributed by atoms with Gasteiger partial charge in [-0.3, -0.25) is 4.79 Å². The first kappa shape index (κ1) is 33.8. The number of carbonyl (C=O) groups is 1. The number of unbranched alkanes of at least 4 members (excludes halogenated alkanes) is 9. The fraction of sp³-hybridized carbons (Fsp3) is 0.759. The Balaban J connectivity index is 2.33. The van der Waals surface area contributed by atoms with Crippen LogP contribution in [0.15, 0.2) is 24.3 Å². The van der Waals surface area contributed by atoms with Gasteiger partial charge in [-0.2, -0.15) is 0 Å². The van der Waals surface area contributed by atoms with E-state index in [1.807, 2.05) is 38.1 Å². The van der Waals surface area contributed by atoms with Gasteiger partial charge in [-0.1, -0.05) is 83.8 Å². The molecule has 0 saturated heterocycles. The molecule has 0 aliphatic heterocycles. The summed E-state index contributed by atoms with van der Waals surface area (Å²) in [6.07, 6.45) is 14.9. The highest BCUT2D eigenvalue weighted by molar-refractivity contribution is 7.40. The van der Waals surface area contributed by atoms with Gasteiger partial charge < -0.3 is 28.3 Å². The summed E-state index contributed by atoms with van der Waals surface area (Å²) in [5, 5.41) is 0. The summed E-state index contributed by atoms with van der Waals surface area (Å²) in [5.74, 6) is 0.416. The molecule has 1 aromatic carbocycles. The van der Waals surface area contributed by atoms with E-state index in [0.717, 1.165) is 12.2 Å². The van der Waals surface area contributed by atoms with Crippen LogP contribution in [-0.2, 0) is 25.0 Å². The highest BCUT2D eigenvalue weighted by Crippen LogP contribution is 2.32. The van der Waals surface area contributed by atoms with Crippen LogP contribution in [0.3, 0.4) is 0 Å². The van der Waals surface area contributed by atoms with Crippen molar-refractivity contribution in [2.45, 2.75) is 103 Å². The summed E-state index contributed by atoms with van der Waals surface area (Å²) in [6.45, 7) is 5.38. The molecule has 0 heterocycles. The maximum Gasteiger partial charge on any atom is 0.330 e. The van der Waals surface area contributed by atoms with Gasteiger partial charge in [0.15, 0.2) is 6.10 Å². The van der Waals surface area contributed by atoms with Crippen molar-refractivity contribution in [1.29, 1.82) is 0 Å². The van der Waals surface area contributed by atoms with E-state index in [2.05, 4.69) is 19.1 Å². The quantitative estimate of drug-likeness (QED) is 0.0853. The van der Waals surface area contributed by atoms with E-state index in [0.29, 0.717) is 26.0 Å². The molecule has 1 aromatic rings. The monoisotopic (exact) mass is 541 g/mol. The molecule has 7 nitrogen and oxygen atoms in total. The van der Waals surface area contributed by atoms with Gasteiger partial charge in [-0.15, -0.1) is 0 Å². The molecule has 0 radical (unpaired) electrons. The fourth-order valence-corrected chi connectivity index (χ4v) is 4.41. The number of esters is 1. The minimum Gasteiger partial charge on any atom is -0.490 e. The third kappa shape index (κ3) is 19.5. The van der Waals surface area contributed by atoms with Crippen LogP contribution in [0.25, 0.3) is 0 Å². The van der Waals surface area contributed by atoms with Crippen LogP contribution in [0.5, 0.6) is 5.75 Å². The molecule has 2 atom stereocenters. The minimum atomic E-state index is -2.03. The van der Waals surface area contributed by atoms with Gasteiger partial charge in [0, 0.05) is 13.0 Å². The molecule has 214 valence electrons. The highest BCUT2D eigenvalue weighted by atomic mass is 31.2. The average Bonchev–Trinajstić information content (AvgIpc) is 2.87. The Morgan fingerprint density at radius 1 is 0.865 bits per heavy atom. The first-order valence-electron chi connectivity index (χ1n) is 14.2. The summed E-state index contributed by atoms with van der Waals surface area (Å²) < 4.78 is 22.0. The molecule has 8 heteroatoms. The smallest absolute Gasteiger partial charge is 0.330 e. The summed E-state index contributed by atoms with van der Waals surface area (Å²) >= 11 is 0. The minimum absolute atomic E-state index is 0.0104. The second kappa shape index (κ2) is 22.7. The first-order chi connectivity index (χ1) is 17.9. The van der Waals surface area contributed by atoms with Crippen molar-refractivity contribution < 1.29 is 28.2 Å². The standard InChI is InChI=1S/C29H52NO6P/c1-5-7-8-9-10-11-12-13-14-15-17-26-18-20-27(21-19-26)33-24-28(36-29(31)16-6-2)25-35-37(32)34-23-22-30(3)4/h18-21,28,32H,5-17,22-25H2,1-4H3. The largest absolute Gasteiger partial charge is 0.490 e. The van der Waals surface area contributed by atoms with E-state index < -0.39 is 14.7 Å². The van der Waals surface area contributed by atoms with Gasteiger partial charge in [0.2, 0.25) is 0 Å². The molecule has 0 fully saturated rings. The molecule has 1 rings (SSSR count). The second-order valence-corrected chi connectivity index (χ2v) is 10.9. The average molecular weight is 542 g/mol. The zero-order valence-corrected chi connectivity index (χ0v) is 24.7. The lowest BCUT2D eigenvalue weighted by Gasteiger charge is -2.20. The molecule has 0 spiro atoms. The van der Waals surface area contributed by atoms with Crippen LogP contribution in [0.2, 0.25) is 0 Å². The molecular formula is C29H52NO6P. The lowest BCUT2D eigenvalue weighted by Crippen LogP contribution is -2.29. The highest BCUT2D eigenvalue weighted by Gasteiger charge is 2.19. The number of benzene rings is 1. The molecule has 2 unspecified atom stereocenters. The second-order valence-electron chi connectivity index (χ2n) is 9.92. The molecule has 0 saturated carbocycles. The molecule has 0 aromatic heterocycles. The summed E-state index contributed by atoms with van der Waals surface area (Å²) in [5.41, 5.74) is 1.31. The predicted octanol–water partition coefficient (Wildman–Crippen LogP) is 7.05. The molecule has 0 bridgehead atoms. The number of hydrogen-bond acceptors (Lipinski definition) is 7. The number of likely N-dealkylation sites (N-methyl/N-ethyl adjacent to an activating group) is 1. The third-order valence-electron chi connectivity index (χ3n) is 6.04. The number of hydrogen-bond donors (Lipinski definition) is 1. The number of rotatable bonds is 24. The Morgan fingerprint density at radius 2 is 1.49 bits per heavy atom. The van der Waals surface area contributed by atoms with E-state index in [4.69, 9.17) is 18.5 Å². The molecule has 37 heavy (non-hydrogen) atoms. The van der Waals surface area contributed by atoms with Crippen LogP contribution in [0.1, 0.15) is 96.5 Å². The lowest BCUT2D eigenvalue weighted by molar-refractivity contribution is -0.152. The van der Waals surface area contributed by atoms with Gasteiger partial charge in [-0.25, -0.2) is 0 Å². The zero-order chi connectivity index (χ0) is 27.1. The first-order valence-corrected chi connectivity index (χ1v) is 15.4. The summed E-state index contributed by atoms with van der Waals surface area (Å²) in [4.78, 5) is 23.9. The molecule has 0 amide bonds. The van der Waals surface area contributed by atoms with Crippen molar-refractivity contribution in [2.75, 3.05) is 40.5 Å². The van der Waals surface area contributed by atoms with Crippen LogP contribution in [0.4, 0.5) is 0 Å². The van der Waals surface area contributed by atoms with Crippen LogP contribution in [-0.4, -0.2) is 62.3 Å². The summed E-state index contributed by atoms with van der Waals surface area (Å²) in [7, 11) is 1.82. The molecule has 1 N–H and O–H groups in total. The van der Waals surface area contributed by atoms with Crippen molar-refractivity contribution in [3.63, 3.8) is 0 Å². The Morgan fingerprint density at radius 3 is 2.08 bits per heavy atom. The summed E-state index contributed by atoms with van der Waals surface area (Å²) in [6, 6.07) is 8.12. The maximum absolute atomic E-state index is 12.0. The van der Waals surface area contributed by atoms with Crippen molar-refractivity contribution >= 4 is 14.6 Å². The van der Waals surface area contributed by atoms with Gasteiger partial charge >= 0.3 is 14.6 Å².